The molecule has 37 heavy (non-hydrogen) atoms. The number of aryl methyl sites for hydroxylation is 1. The summed E-state index contributed by atoms with van der Waals surface area (Å²) in [5, 5.41) is 3.75. The molecule has 2 aromatic heterocycles. The minimum atomic E-state index is -2.26. The number of nitrogens with zero attached hydrogens (tertiary/aromatic N) is 5. The van der Waals surface area contributed by atoms with E-state index in [1.807, 2.05) is 6.92 Å². The second-order valence-corrected chi connectivity index (χ2v) is 8.93. The highest BCUT2D eigenvalue weighted by Gasteiger charge is 2.27. The van der Waals surface area contributed by atoms with Crippen molar-refractivity contribution in [2.24, 2.45) is 4.99 Å². The molecule has 14 heteroatoms. The summed E-state index contributed by atoms with van der Waals surface area (Å²) in [5.74, 6) is -10.3. The number of unbranched alkanes of at least 4 members (excludes halogenated alkanes) is 2. The average Bonchev–Trinajstić information content (AvgIpc) is 3.49. The van der Waals surface area contributed by atoms with Crippen LogP contribution in [0.3, 0.4) is 0 Å². The lowest BCUT2D eigenvalue weighted by Crippen LogP contribution is -2.41. The Morgan fingerprint density at radius 1 is 0.919 bits per heavy atom. The lowest BCUT2D eigenvalue weighted by molar-refractivity contribution is 0.362. The highest BCUT2D eigenvalue weighted by atomic mass is 35.5. The van der Waals surface area contributed by atoms with Crippen LogP contribution >= 0.6 is 11.6 Å². The molecular weight excluding hydrogens is 525 g/mol. The summed E-state index contributed by atoms with van der Waals surface area (Å²) >= 11 is 6.03. The molecule has 1 aromatic carbocycles. The van der Waals surface area contributed by atoms with Gasteiger partial charge in [0.25, 0.3) is 5.56 Å². The maximum atomic E-state index is 13.9. The van der Waals surface area contributed by atoms with Crippen LogP contribution in [0, 0.1) is 29.1 Å². The summed E-state index contributed by atoms with van der Waals surface area (Å²) in [4.78, 5) is 34.0. The molecule has 4 rings (SSSR count). The van der Waals surface area contributed by atoms with Gasteiger partial charge in [-0.15, -0.1) is 0 Å². The van der Waals surface area contributed by atoms with Crippen LogP contribution in [-0.4, -0.2) is 24.4 Å². The van der Waals surface area contributed by atoms with Crippen LogP contribution in [-0.2, 0) is 32.4 Å². The Morgan fingerprint density at radius 2 is 1.57 bits per heavy atom. The molecule has 0 radical (unpaired) electrons. The molecule has 198 valence electrons. The molecule has 0 fully saturated rings. The first-order chi connectivity index (χ1) is 17.6. The predicted octanol–water partition coefficient (Wildman–Crippen LogP) is 4.33. The molecule has 3 aromatic rings. The first-order valence-corrected chi connectivity index (χ1v) is 11.9. The van der Waals surface area contributed by atoms with Gasteiger partial charge in [-0.05, 0) is 12.8 Å². The van der Waals surface area contributed by atoms with Gasteiger partial charge in [0.15, 0.2) is 29.1 Å². The van der Waals surface area contributed by atoms with Crippen LogP contribution in [0.25, 0.3) is 0 Å². The molecule has 0 spiro atoms. The van der Waals surface area contributed by atoms with Crippen LogP contribution in [0.15, 0.2) is 19.1 Å². The minimum Gasteiger partial charge on any atom is -0.339 e. The fourth-order valence-electron chi connectivity index (χ4n) is 4.06. The monoisotopic (exact) mass is 545 g/mol. The Morgan fingerprint density at radius 3 is 2.24 bits per heavy atom. The van der Waals surface area contributed by atoms with E-state index in [4.69, 9.17) is 16.1 Å². The van der Waals surface area contributed by atoms with Gasteiger partial charge in [-0.3, -0.25) is 13.9 Å². The lowest BCUT2D eigenvalue weighted by Gasteiger charge is -2.13. The molecule has 0 N–H and O–H groups in total. The lowest BCUT2D eigenvalue weighted by atomic mass is 10.1. The van der Waals surface area contributed by atoms with Crippen LogP contribution in [0.5, 0.6) is 0 Å². The van der Waals surface area contributed by atoms with Crippen LogP contribution in [0.2, 0.25) is 0 Å². The fraction of sp³-hybridized carbons (Fsp3) is 0.435. The van der Waals surface area contributed by atoms with Gasteiger partial charge in [0.2, 0.25) is 11.7 Å². The Bertz CT molecular complexity index is 1470. The Balaban J connectivity index is 1.48. The number of hydrogen-bond donors (Lipinski definition) is 0. The summed E-state index contributed by atoms with van der Waals surface area (Å²) < 4.78 is 75.5. The smallest absolute Gasteiger partial charge is 0.332 e. The standard InChI is InChI=1S/C23H21ClF5N5O3/c1-2-3-4-7-33-21-12(9-13(24)30-21)22(35)34(23(33)36)8-5-6-15-31-14(32-37-15)10-11-16(25)18(27)20(29)19(28)17(11)26/h2-10H2,1H3. The number of aromatic nitrogens is 4. The van der Waals surface area contributed by atoms with Crippen molar-refractivity contribution >= 4 is 22.6 Å². The van der Waals surface area contributed by atoms with E-state index in [0.717, 1.165) is 23.8 Å². The molecule has 0 aliphatic carbocycles. The Labute approximate surface area is 211 Å². The van der Waals surface area contributed by atoms with Gasteiger partial charge < -0.3 is 4.52 Å². The van der Waals surface area contributed by atoms with E-state index in [-0.39, 0.29) is 48.5 Å². The van der Waals surface area contributed by atoms with E-state index in [0.29, 0.717) is 12.1 Å². The largest absolute Gasteiger partial charge is 0.339 e. The topological polar surface area (TPSA) is 95.3 Å². The van der Waals surface area contributed by atoms with Crippen LogP contribution < -0.4 is 11.2 Å². The molecule has 1 aliphatic rings. The van der Waals surface area contributed by atoms with Crippen molar-refractivity contribution in [2.45, 2.75) is 65.0 Å². The van der Waals surface area contributed by atoms with Gasteiger partial charge in [-0.1, -0.05) is 36.5 Å². The average molecular weight is 546 g/mol. The predicted molar refractivity (Wildman–Crippen MR) is 123 cm³/mol. The third kappa shape index (κ3) is 5.22. The zero-order chi connectivity index (χ0) is 26.9. The first-order valence-electron chi connectivity index (χ1n) is 11.5. The fourth-order valence-corrected chi connectivity index (χ4v) is 4.28. The van der Waals surface area contributed by atoms with Crippen molar-refractivity contribution in [2.75, 3.05) is 0 Å². The van der Waals surface area contributed by atoms with Gasteiger partial charge in [0.1, 0.15) is 11.0 Å². The van der Waals surface area contributed by atoms with Crippen molar-refractivity contribution in [3.05, 3.63) is 72.8 Å². The molecule has 0 saturated heterocycles. The second kappa shape index (κ2) is 11.0. The first kappa shape index (κ1) is 26.7. The van der Waals surface area contributed by atoms with E-state index < -0.39 is 52.3 Å². The van der Waals surface area contributed by atoms with Gasteiger partial charge in [-0.2, -0.15) is 4.98 Å². The van der Waals surface area contributed by atoms with Crippen LogP contribution in [0.4, 0.5) is 27.8 Å². The normalized spacial score (nSPS) is 12.8. The van der Waals surface area contributed by atoms with Crippen molar-refractivity contribution in [1.29, 1.82) is 0 Å². The summed E-state index contributed by atoms with van der Waals surface area (Å²) in [5.41, 5.74) is -1.77. The third-order valence-electron chi connectivity index (χ3n) is 5.94. The van der Waals surface area contributed by atoms with E-state index >= 15 is 0 Å². The number of halogens is 6. The zero-order valence-electron chi connectivity index (χ0n) is 19.6. The van der Waals surface area contributed by atoms with E-state index in [1.165, 1.54) is 4.57 Å². The molecule has 3 heterocycles. The summed E-state index contributed by atoms with van der Waals surface area (Å²) in [6.07, 6.45) is 2.19. The van der Waals surface area contributed by atoms with Gasteiger partial charge >= 0.3 is 5.69 Å². The van der Waals surface area contributed by atoms with E-state index in [2.05, 4.69) is 15.1 Å². The molecule has 0 saturated carbocycles. The van der Waals surface area contributed by atoms with E-state index in [9.17, 15) is 31.5 Å². The zero-order valence-corrected chi connectivity index (χ0v) is 20.3. The molecule has 8 nitrogen and oxygen atoms in total. The molecule has 0 unspecified atom stereocenters. The molecule has 0 amide bonds. The highest BCUT2D eigenvalue weighted by Crippen LogP contribution is 2.25. The number of aliphatic imine (C=N–C) groups is 1. The SMILES string of the molecule is CCCCCn1c2c(c(=O)n(CCCc3nc(Cc4c(F)c(F)c(F)c(F)c4F)no3)c1=O)CC(Cl)=N2. The number of fused-ring (bicyclic) bond motifs is 1. The van der Waals surface area contributed by atoms with E-state index in [1.54, 1.807) is 0 Å². The van der Waals surface area contributed by atoms with Crippen molar-refractivity contribution < 1.29 is 26.5 Å². The quantitative estimate of drug-likeness (QED) is 0.164. The van der Waals surface area contributed by atoms with Gasteiger partial charge in [0.05, 0.1) is 5.56 Å². The van der Waals surface area contributed by atoms with Crippen LogP contribution in [0.1, 0.15) is 55.4 Å². The third-order valence-corrected chi connectivity index (χ3v) is 6.16. The molecule has 1 aliphatic heterocycles. The summed E-state index contributed by atoms with van der Waals surface area (Å²) in [7, 11) is 0. The molecule has 0 bridgehead atoms. The van der Waals surface area contributed by atoms with Crippen molar-refractivity contribution in [3.8, 4) is 0 Å². The minimum absolute atomic E-state index is 0.00253. The molecular formula is C23H21ClF5N5O3. The number of hydrogen-bond acceptors (Lipinski definition) is 6. The van der Waals surface area contributed by atoms with Gasteiger partial charge in [-0.25, -0.2) is 31.7 Å². The van der Waals surface area contributed by atoms with Crippen molar-refractivity contribution in [1.82, 2.24) is 19.3 Å². The Hall–Kier alpha value is -3.35. The maximum Gasteiger partial charge on any atom is 0.332 e. The number of rotatable bonds is 10. The van der Waals surface area contributed by atoms with Gasteiger partial charge in [0, 0.05) is 37.9 Å². The summed E-state index contributed by atoms with van der Waals surface area (Å²) in [6, 6.07) is 0. The maximum absolute atomic E-state index is 13.9. The van der Waals surface area contributed by atoms with Crippen molar-refractivity contribution in [3.63, 3.8) is 0 Å². The Kier molecular flexibility index (Phi) is 7.90. The highest BCUT2D eigenvalue weighted by molar-refractivity contribution is 6.66. The summed E-state index contributed by atoms with van der Waals surface area (Å²) in [6.45, 7) is 2.41. The number of benzene rings is 1. The molecule has 0 atom stereocenters. The second-order valence-electron chi connectivity index (χ2n) is 8.50.